The van der Waals surface area contributed by atoms with Crippen LogP contribution in [0.2, 0.25) is 0 Å². The van der Waals surface area contributed by atoms with Crippen LogP contribution >= 0.6 is 0 Å². The van der Waals surface area contributed by atoms with Crippen molar-refractivity contribution in [2.24, 2.45) is 0 Å². The van der Waals surface area contributed by atoms with E-state index in [1.807, 2.05) is 24.3 Å². The van der Waals surface area contributed by atoms with Gasteiger partial charge in [-0.25, -0.2) is 0 Å². The third-order valence-electron chi connectivity index (χ3n) is 4.15. The molecule has 0 saturated carbocycles. The minimum Gasteiger partial charge on any atom is -0.288 e. The maximum absolute atomic E-state index is 12.2. The number of hydrogen-bond donors (Lipinski definition) is 1. The summed E-state index contributed by atoms with van der Waals surface area (Å²) in [5, 5.41) is 2.40. The predicted octanol–water partition coefficient (Wildman–Crippen LogP) is 3.28. The molecule has 0 aromatic heterocycles. The lowest BCUT2D eigenvalue weighted by atomic mass is 9.84. The number of carbonyl (C=O) groups excluding carboxylic acids is 2. The third kappa shape index (κ3) is 2.15. The van der Waals surface area contributed by atoms with Gasteiger partial charge in [0.25, 0.3) is 11.8 Å². The van der Waals surface area contributed by atoms with Gasteiger partial charge in [-0.2, -0.15) is 0 Å². The maximum atomic E-state index is 12.2. The van der Waals surface area contributed by atoms with E-state index in [-0.39, 0.29) is 17.7 Å². The second-order valence-electron chi connectivity index (χ2n) is 5.33. The first kappa shape index (κ1) is 13.6. The summed E-state index contributed by atoms with van der Waals surface area (Å²) in [6.45, 7) is 4.15. The van der Waals surface area contributed by atoms with Crippen LogP contribution in [0.5, 0.6) is 0 Å². The molecular weight excluding hydrogens is 262 g/mol. The highest BCUT2D eigenvalue weighted by atomic mass is 16.2. The molecule has 0 radical (unpaired) electrons. The van der Waals surface area contributed by atoms with E-state index >= 15 is 0 Å². The molecule has 0 saturated heterocycles. The van der Waals surface area contributed by atoms with Crippen molar-refractivity contribution in [3.8, 4) is 0 Å². The average Bonchev–Trinajstić information content (AvgIpc) is 2.81. The molecule has 0 aliphatic carbocycles. The van der Waals surface area contributed by atoms with E-state index in [2.05, 4.69) is 31.3 Å². The third-order valence-corrected chi connectivity index (χ3v) is 4.15. The summed E-state index contributed by atoms with van der Waals surface area (Å²) in [5.74, 6) is -0.491. The molecule has 1 unspecified atom stereocenters. The monoisotopic (exact) mass is 279 g/mol. The van der Waals surface area contributed by atoms with Crippen LogP contribution in [0, 0.1) is 0 Å². The Bertz CT molecular complexity index is 719. The fourth-order valence-corrected chi connectivity index (χ4v) is 3.04. The molecule has 3 rings (SSSR count). The number of carbonyl (C=O) groups is 2. The van der Waals surface area contributed by atoms with Gasteiger partial charge in [-0.05, 0) is 29.2 Å². The Kier molecular flexibility index (Phi) is 3.34. The Labute approximate surface area is 124 Å². The lowest BCUT2D eigenvalue weighted by Gasteiger charge is -2.19. The maximum Gasteiger partial charge on any atom is 0.259 e. The molecule has 1 atom stereocenters. The summed E-state index contributed by atoms with van der Waals surface area (Å²) < 4.78 is 0. The normalized spacial score (nSPS) is 14.8. The molecule has 3 heteroatoms. The number of aryl methyl sites for hydroxylation is 1. The molecule has 3 nitrogen and oxygen atoms in total. The van der Waals surface area contributed by atoms with Crippen molar-refractivity contribution in [2.75, 3.05) is 0 Å². The van der Waals surface area contributed by atoms with E-state index in [9.17, 15) is 9.59 Å². The van der Waals surface area contributed by atoms with Gasteiger partial charge < -0.3 is 0 Å². The number of amides is 2. The highest BCUT2D eigenvalue weighted by Gasteiger charge is 2.32. The SMILES string of the molecule is CCc1ccc2c(c1C(C)c1ccccc1)C(=O)NC2=O. The molecule has 0 spiro atoms. The number of nitrogens with one attached hydrogen (secondary N) is 1. The molecule has 1 aliphatic rings. The molecule has 21 heavy (non-hydrogen) atoms. The van der Waals surface area contributed by atoms with Gasteiger partial charge in [-0.3, -0.25) is 14.9 Å². The van der Waals surface area contributed by atoms with Crippen LogP contribution in [-0.4, -0.2) is 11.8 Å². The predicted molar refractivity (Wildman–Crippen MR) is 81.6 cm³/mol. The zero-order valence-electron chi connectivity index (χ0n) is 12.1. The lowest BCUT2D eigenvalue weighted by Crippen LogP contribution is -2.20. The Morgan fingerprint density at radius 1 is 1.00 bits per heavy atom. The van der Waals surface area contributed by atoms with Crippen LogP contribution in [0.25, 0.3) is 0 Å². The van der Waals surface area contributed by atoms with Crippen molar-refractivity contribution >= 4 is 11.8 Å². The number of hydrogen-bond acceptors (Lipinski definition) is 2. The van der Waals surface area contributed by atoms with Gasteiger partial charge in [0.2, 0.25) is 0 Å². The fraction of sp³-hybridized carbons (Fsp3) is 0.222. The van der Waals surface area contributed by atoms with Gasteiger partial charge in [-0.15, -0.1) is 0 Å². The van der Waals surface area contributed by atoms with Crippen molar-refractivity contribution in [3.05, 3.63) is 70.3 Å². The molecular formula is C18H17NO2. The van der Waals surface area contributed by atoms with E-state index in [4.69, 9.17) is 0 Å². The van der Waals surface area contributed by atoms with Crippen LogP contribution in [0.3, 0.4) is 0 Å². The molecule has 1 heterocycles. The summed E-state index contributed by atoms with van der Waals surface area (Å²) in [4.78, 5) is 24.0. The summed E-state index contributed by atoms with van der Waals surface area (Å²) >= 11 is 0. The average molecular weight is 279 g/mol. The summed E-state index contributed by atoms with van der Waals surface area (Å²) in [6, 6.07) is 13.8. The first-order valence-electron chi connectivity index (χ1n) is 7.19. The number of benzene rings is 2. The highest BCUT2D eigenvalue weighted by Crippen LogP contribution is 2.34. The summed E-state index contributed by atoms with van der Waals surface area (Å²) in [6.07, 6.45) is 0.835. The molecule has 0 fully saturated rings. The van der Waals surface area contributed by atoms with Crippen LogP contribution < -0.4 is 5.32 Å². The van der Waals surface area contributed by atoms with Crippen molar-refractivity contribution in [1.82, 2.24) is 5.32 Å². The molecule has 2 aromatic carbocycles. The minimum atomic E-state index is -0.292. The van der Waals surface area contributed by atoms with Crippen LogP contribution in [0.1, 0.15) is 57.2 Å². The minimum absolute atomic E-state index is 0.0766. The standard InChI is InChI=1S/C18H17NO2/c1-3-12-9-10-14-16(18(21)19-17(14)20)15(12)11(2)13-7-5-4-6-8-13/h4-11H,3H2,1-2H3,(H,19,20,21). The zero-order valence-corrected chi connectivity index (χ0v) is 12.1. The van der Waals surface area contributed by atoms with Crippen LogP contribution in [0.4, 0.5) is 0 Å². The smallest absolute Gasteiger partial charge is 0.259 e. The Morgan fingerprint density at radius 2 is 1.71 bits per heavy atom. The van der Waals surface area contributed by atoms with Gasteiger partial charge in [0.15, 0.2) is 0 Å². The van der Waals surface area contributed by atoms with E-state index in [0.29, 0.717) is 11.1 Å². The van der Waals surface area contributed by atoms with Crippen molar-refractivity contribution < 1.29 is 9.59 Å². The van der Waals surface area contributed by atoms with Crippen molar-refractivity contribution in [2.45, 2.75) is 26.2 Å². The van der Waals surface area contributed by atoms with E-state index in [0.717, 1.165) is 23.1 Å². The van der Waals surface area contributed by atoms with Crippen LogP contribution in [0.15, 0.2) is 42.5 Å². The second-order valence-corrected chi connectivity index (χ2v) is 5.33. The Balaban J connectivity index is 2.22. The second kappa shape index (κ2) is 5.17. The van der Waals surface area contributed by atoms with Crippen molar-refractivity contribution in [1.29, 1.82) is 0 Å². The zero-order chi connectivity index (χ0) is 15.0. The van der Waals surface area contributed by atoms with Crippen molar-refractivity contribution in [3.63, 3.8) is 0 Å². The van der Waals surface area contributed by atoms with Gasteiger partial charge in [-0.1, -0.05) is 50.2 Å². The molecule has 106 valence electrons. The number of rotatable bonds is 3. The topological polar surface area (TPSA) is 46.2 Å². The van der Waals surface area contributed by atoms with Gasteiger partial charge in [0, 0.05) is 5.92 Å². The van der Waals surface area contributed by atoms with Gasteiger partial charge in [0.1, 0.15) is 0 Å². The molecule has 1 aliphatic heterocycles. The first-order chi connectivity index (χ1) is 10.1. The number of imide groups is 1. The Hall–Kier alpha value is -2.42. The van der Waals surface area contributed by atoms with E-state index < -0.39 is 0 Å². The molecule has 1 N–H and O–H groups in total. The van der Waals surface area contributed by atoms with Crippen LogP contribution in [-0.2, 0) is 6.42 Å². The Morgan fingerprint density at radius 3 is 2.38 bits per heavy atom. The van der Waals surface area contributed by atoms with E-state index in [1.165, 1.54) is 0 Å². The number of fused-ring (bicyclic) bond motifs is 1. The summed E-state index contributed by atoms with van der Waals surface area (Å²) in [5.41, 5.74) is 4.29. The molecule has 2 aromatic rings. The van der Waals surface area contributed by atoms with Gasteiger partial charge >= 0.3 is 0 Å². The fourth-order valence-electron chi connectivity index (χ4n) is 3.04. The summed E-state index contributed by atoms with van der Waals surface area (Å²) in [7, 11) is 0. The molecule has 0 bridgehead atoms. The first-order valence-corrected chi connectivity index (χ1v) is 7.19. The lowest BCUT2D eigenvalue weighted by molar-refractivity contribution is 0.0879. The van der Waals surface area contributed by atoms with Gasteiger partial charge in [0.05, 0.1) is 11.1 Å². The largest absolute Gasteiger partial charge is 0.288 e. The highest BCUT2D eigenvalue weighted by molar-refractivity contribution is 6.22. The molecule has 2 amide bonds. The van der Waals surface area contributed by atoms with E-state index in [1.54, 1.807) is 6.07 Å². The quantitative estimate of drug-likeness (QED) is 0.876.